The monoisotopic (exact) mass is 400 g/mol. The first kappa shape index (κ1) is 16.1. The van der Waals surface area contributed by atoms with Crippen LogP contribution in [0.5, 0.6) is 0 Å². The summed E-state index contributed by atoms with van der Waals surface area (Å²) in [6, 6.07) is 22.4. The molecule has 0 bridgehead atoms. The van der Waals surface area contributed by atoms with Gasteiger partial charge in [-0.05, 0) is 82.0 Å². The molecule has 3 aromatic rings. The van der Waals surface area contributed by atoms with E-state index in [0.717, 1.165) is 17.3 Å². The van der Waals surface area contributed by atoms with E-state index >= 15 is 0 Å². The average molecular weight is 401 g/mol. The largest absolute Gasteiger partial charge is 0.0763 e. The molecule has 2 aliphatic rings. The molecule has 1 heteroatoms. The highest BCUT2D eigenvalue weighted by molar-refractivity contribution is 9.10. The lowest BCUT2D eigenvalue weighted by molar-refractivity contribution is 0.621. The second-order valence-electron chi connectivity index (χ2n) is 7.40. The van der Waals surface area contributed by atoms with Crippen LogP contribution in [0.3, 0.4) is 0 Å². The Morgan fingerprint density at radius 1 is 0.808 bits per heavy atom. The Labute approximate surface area is 163 Å². The quantitative estimate of drug-likeness (QED) is 0.543. The summed E-state index contributed by atoms with van der Waals surface area (Å²) in [5.74, 6) is 0.618. The molecule has 0 aromatic heterocycles. The molecular formula is C25H21Br. The SMILES string of the molecule is Brc1ccc(CC2CCC=c3c2ccc2c3=CCc3ccccc3-2)cc1. The van der Waals surface area contributed by atoms with E-state index in [1.54, 1.807) is 0 Å². The molecule has 128 valence electrons. The van der Waals surface area contributed by atoms with Crippen LogP contribution in [0.4, 0.5) is 0 Å². The van der Waals surface area contributed by atoms with Crippen LogP contribution in [0.25, 0.3) is 23.3 Å². The van der Waals surface area contributed by atoms with Gasteiger partial charge in [0.15, 0.2) is 0 Å². The number of hydrogen-bond donors (Lipinski definition) is 0. The lowest BCUT2D eigenvalue weighted by Crippen LogP contribution is -2.35. The third-order valence-electron chi connectivity index (χ3n) is 5.85. The maximum Gasteiger partial charge on any atom is 0.0175 e. The van der Waals surface area contributed by atoms with Crippen LogP contribution in [-0.2, 0) is 12.8 Å². The van der Waals surface area contributed by atoms with Crippen molar-refractivity contribution in [2.45, 2.75) is 31.6 Å². The molecule has 0 saturated heterocycles. The fraction of sp³-hybridized carbons (Fsp3) is 0.200. The first-order chi connectivity index (χ1) is 12.8. The van der Waals surface area contributed by atoms with Gasteiger partial charge >= 0.3 is 0 Å². The lowest BCUT2D eigenvalue weighted by Gasteiger charge is -2.24. The van der Waals surface area contributed by atoms with Crippen molar-refractivity contribution in [1.29, 1.82) is 0 Å². The minimum Gasteiger partial charge on any atom is -0.0763 e. The van der Waals surface area contributed by atoms with Crippen molar-refractivity contribution >= 4 is 28.1 Å². The smallest absolute Gasteiger partial charge is 0.0175 e. The van der Waals surface area contributed by atoms with Crippen LogP contribution < -0.4 is 10.4 Å². The second-order valence-corrected chi connectivity index (χ2v) is 8.32. The Hall–Kier alpha value is -2.12. The third kappa shape index (κ3) is 2.75. The van der Waals surface area contributed by atoms with Crippen LogP contribution >= 0.6 is 15.9 Å². The molecule has 0 nitrogen and oxygen atoms in total. The van der Waals surface area contributed by atoms with Crippen molar-refractivity contribution in [3.8, 4) is 11.1 Å². The summed E-state index contributed by atoms with van der Waals surface area (Å²) < 4.78 is 1.15. The molecule has 0 aliphatic heterocycles. The number of halogens is 1. The minimum atomic E-state index is 0.618. The summed E-state index contributed by atoms with van der Waals surface area (Å²) in [7, 11) is 0. The number of hydrogen-bond acceptors (Lipinski definition) is 0. The summed E-state index contributed by atoms with van der Waals surface area (Å²) in [5.41, 5.74) is 7.23. The van der Waals surface area contributed by atoms with Gasteiger partial charge in [-0.2, -0.15) is 0 Å². The van der Waals surface area contributed by atoms with Gasteiger partial charge in [0.05, 0.1) is 0 Å². The molecule has 0 fully saturated rings. The van der Waals surface area contributed by atoms with E-state index in [-0.39, 0.29) is 0 Å². The highest BCUT2D eigenvalue weighted by Gasteiger charge is 2.20. The Bertz CT molecular complexity index is 1090. The molecule has 2 aliphatic carbocycles. The third-order valence-corrected chi connectivity index (χ3v) is 6.38. The highest BCUT2D eigenvalue weighted by Crippen LogP contribution is 2.30. The van der Waals surface area contributed by atoms with Gasteiger partial charge in [0.2, 0.25) is 0 Å². The Morgan fingerprint density at radius 3 is 2.54 bits per heavy atom. The molecule has 0 heterocycles. The van der Waals surface area contributed by atoms with E-state index < -0.39 is 0 Å². The number of rotatable bonds is 2. The minimum absolute atomic E-state index is 0.618. The van der Waals surface area contributed by atoms with Crippen molar-refractivity contribution < 1.29 is 0 Å². The standard InChI is InChI=1S/C25H21Br/c26-20-11-8-17(9-12-20)16-19-5-3-7-23-22(19)14-15-24-21-6-2-1-4-18(21)10-13-25(23)24/h1-2,4,6-9,11-15,19H,3,5,10,16H2. The Morgan fingerprint density at radius 2 is 1.65 bits per heavy atom. The fourth-order valence-corrected chi connectivity index (χ4v) is 4.83. The maximum atomic E-state index is 3.54. The van der Waals surface area contributed by atoms with Gasteiger partial charge in [0.1, 0.15) is 0 Å². The zero-order valence-electron chi connectivity index (χ0n) is 14.7. The first-order valence-electron chi connectivity index (χ1n) is 9.45. The van der Waals surface area contributed by atoms with Crippen molar-refractivity contribution in [3.63, 3.8) is 0 Å². The zero-order valence-corrected chi connectivity index (χ0v) is 16.3. The Kier molecular flexibility index (Phi) is 4.05. The molecule has 0 radical (unpaired) electrons. The van der Waals surface area contributed by atoms with Crippen molar-refractivity contribution in [3.05, 3.63) is 92.3 Å². The van der Waals surface area contributed by atoms with Gasteiger partial charge in [-0.25, -0.2) is 0 Å². The van der Waals surface area contributed by atoms with Crippen LogP contribution in [0.1, 0.15) is 35.4 Å². The molecular weight excluding hydrogens is 380 g/mol. The van der Waals surface area contributed by atoms with E-state index in [4.69, 9.17) is 0 Å². The van der Waals surface area contributed by atoms with Crippen LogP contribution in [0.2, 0.25) is 0 Å². The highest BCUT2D eigenvalue weighted by atomic mass is 79.9. The van der Waals surface area contributed by atoms with Crippen molar-refractivity contribution in [2.75, 3.05) is 0 Å². The summed E-state index contributed by atoms with van der Waals surface area (Å²) in [5, 5.41) is 2.95. The molecule has 0 saturated carbocycles. The molecule has 5 rings (SSSR count). The summed E-state index contributed by atoms with van der Waals surface area (Å²) in [4.78, 5) is 0. The first-order valence-corrected chi connectivity index (χ1v) is 10.2. The number of fused-ring (bicyclic) bond motifs is 5. The van der Waals surface area contributed by atoms with Gasteiger partial charge in [0.25, 0.3) is 0 Å². The van der Waals surface area contributed by atoms with Crippen molar-refractivity contribution in [2.24, 2.45) is 0 Å². The van der Waals surface area contributed by atoms with E-state index in [0.29, 0.717) is 5.92 Å². The fourth-order valence-electron chi connectivity index (χ4n) is 4.57. The molecule has 1 unspecified atom stereocenters. The Balaban J connectivity index is 1.59. The van der Waals surface area contributed by atoms with Gasteiger partial charge < -0.3 is 0 Å². The van der Waals surface area contributed by atoms with E-state index in [1.165, 1.54) is 51.1 Å². The topological polar surface area (TPSA) is 0 Å². The van der Waals surface area contributed by atoms with Crippen LogP contribution in [0, 0.1) is 0 Å². The van der Waals surface area contributed by atoms with E-state index in [9.17, 15) is 0 Å². The summed E-state index contributed by atoms with van der Waals surface area (Å²) in [6.07, 6.45) is 9.51. The molecule has 26 heavy (non-hydrogen) atoms. The predicted octanol–water partition coefficient (Wildman–Crippen LogP) is 5.35. The number of benzene rings is 3. The normalized spacial score (nSPS) is 17.3. The molecule has 0 amide bonds. The summed E-state index contributed by atoms with van der Waals surface area (Å²) in [6.45, 7) is 0. The molecule has 0 N–H and O–H groups in total. The van der Waals surface area contributed by atoms with Crippen molar-refractivity contribution in [1.82, 2.24) is 0 Å². The van der Waals surface area contributed by atoms with E-state index in [1.807, 2.05) is 0 Å². The zero-order chi connectivity index (χ0) is 17.5. The van der Waals surface area contributed by atoms with E-state index in [2.05, 4.69) is 88.7 Å². The van der Waals surface area contributed by atoms with Gasteiger partial charge in [-0.15, -0.1) is 0 Å². The average Bonchev–Trinajstić information content (AvgIpc) is 2.69. The molecule has 0 spiro atoms. The predicted molar refractivity (Wildman–Crippen MR) is 114 cm³/mol. The summed E-state index contributed by atoms with van der Waals surface area (Å²) >= 11 is 3.54. The molecule has 1 atom stereocenters. The van der Waals surface area contributed by atoms with Crippen LogP contribution in [-0.4, -0.2) is 0 Å². The second kappa shape index (κ2) is 6.55. The van der Waals surface area contributed by atoms with Gasteiger partial charge in [-0.3, -0.25) is 0 Å². The molecule has 3 aromatic carbocycles. The maximum absolute atomic E-state index is 3.54. The van der Waals surface area contributed by atoms with Crippen LogP contribution in [0.15, 0.2) is 65.1 Å². The van der Waals surface area contributed by atoms with Gasteiger partial charge in [0, 0.05) is 4.47 Å². The van der Waals surface area contributed by atoms with Gasteiger partial charge in [-0.1, -0.05) is 76.6 Å². The lowest BCUT2D eigenvalue weighted by atomic mass is 9.80.